The van der Waals surface area contributed by atoms with Crippen LogP contribution >= 0.6 is 11.6 Å². The highest BCUT2D eigenvalue weighted by atomic mass is 35.5. The van der Waals surface area contributed by atoms with Crippen molar-refractivity contribution in [2.24, 2.45) is 0 Å². The normalized spacial score (nSPS) is 23.0. The summed E-state index contributed by atoms with van der Waals surface area (Å²) in [6.45, 7) is 2.29. The second-order valence-corrected chi connectivity index (χ2v) is 6.83. The summed E-state index contributed by atoms with van der Waals surface area (Å²) >= 11 is 5.95. The smallest absolute Gasteiger partial charge is 0.325 e. The lowest BCUT2D eigenvalue weighted by atomic mass is 9.84. The summed E-state index contributed by atoms with van der Waals surface area (Å²) in [5.41, 5.74) is -0.228. The fourth-order valence-electron chi connectivity index (χ4n) is 3.36. The zero-order valence-corrected chi connectivity index (χ0v) is 14.8. The SMILES string of the molecule is CCOC(=O)CN1CC[C@@]2(CCC1=O)CC(=O)c1cc(Cl)ccc1O2. The minimum absolute atomic E-state index is 0.0324. The van der Waals surface area contributed by atoms with Crippen LogP contribution in [0.4, 0.5) is 0 Å². The van der Waals surface area contributed by atoms with Crippen molar-refractivity contribution in [3.63, 3.8) is 0 Å². The number of ketones is 1. The molecule has 7 heteroatoms. The lowest BCUT2D eigenvalue weighted by Gasteiger charge is -2.37. The number of esters is 1. The Morgan fingerprint density at radius 2 is 2.16 bits per heavy atom. The predicted octanol–water partition coefficient (Wildman–Crippen LogP) is 2.62. The van der Waals surface area contributed by atoms with Gasteiger partial charge in [0, 0.05) is 24.4 Å². The molecule has 0 aliphatic carbocycles. The van der Waals surface area contributed by atoms with Crippen molar-refractivity contribution in [3.8, 4) is 5.75 Å². The van der Waals surface area contributed by atoms with Gasteiger partial charge in [-0.15, -0.1) is 0 Å². The number of ether oxygens (including phenoxy) is 2. The molecular weight excluding hydrogens is 346 g/mol. The number of hydrogen-bond donors (Lipinski definition) is 0. The van der Waals surface area contributed by atoms with Crippen molar-refractivity contribution >= 4 is 29.3 Å². The van der Waals surface area contributed by atoms with Gasteiger partial charge in [-0.3, -0.25) is 14.4 Å². The van der Waals surface area contributed by atoms with E-state index in [1.165, 1.54) is 4.90 Å². The largest absolute Gasteiger partial charge is 0.486 e. The quantitative estimate of drug-likeness (QED) is 0.770. The maximum Gasteiger partial charge on any atom is 0.325 e. The lowest BCUT2D eigenvalue weighted by Crippen LogP contribution is -2.43. The number of hydrogen-bond acceptors (Lipinski definition) is 5. The minimum Gasteiger partial charge on any atom is -0.486 e. The molecule has 1 spiro atoms. The van der Waals surface area contributed by atoms with Gasteiger partial charge in [0.1, 0.15) is 17.9 Å². The summed E-state index contributed by atoms with van der Waals surface area (Å²) in [6, 6.07) is 4.99. The van der Waals surface area contributed by atoms with E-state index in [1.54, 1.807) is 25.1 Å². The number of nitrogens with zero attached hydrogens (tertiary/aromatic N) is 1. The van der Waals surface area contributed by atoms with E-state index in [0.29, 0.717) is 35.7 Å². The first kappa shape index (κ1) is 17.7. The van der Waals surface area contributed by atoms with Gasteiger partial charge in [-0.1, -0.05) is 11.6 Å². The third kappa shape index (κ3) is 3.79. The Balaban J connectivity index is 1.76. The summed E-state index contributed by atoms with van der Waals surface area (Å²) in [4.78, 5) is 38.0. The van der Waals surface area contributed by atoms with E-state index in [2.05, 4.69) is 0 Å². The van der Waals surface area contributed by atoms with Crippen LogP contribution in [0, 0.1) is 0 Å². The molecule has 6 nitrogen and oxygen atoms in total. The third-order valence-corrected chi connectivity index (χ3v) is 4.90. The van der Waals surface area contributed by atoms with Crippen LogP contribution in [0.1, 0.15) is 43.0 Å². The molecule has 134 valence electrons. The van der Waals surface area contributed by atoms with Crippen LogP contribution < -0.4 is 4.74 Å². The summed E-state index contributed by atoms with van der Waals surface area (Å²) in [5, 5.41) is 0.489. The van der Waals surface area contributed by atoms with Crippen LogP contribution in [0.15, 0.2) is 18.2 Å². The maximum atomic E-state index is 12.5. The van der Waals surface area contributed by atoms with Gasteiger partial charge < -0.3 is 14.4 Å². The zero-order valence-electron chi connectivity index (χ0n) is 14.0. The first-order valence-corrected chi connectivity index (χ1v) is 8.75. The molecule has 2 aliphatic heterocycles. The molecule has 1 atom stereocenters. The number of benzene rings is 1. The molecule has 0 unspecified atom stereocenters. The molecule has 1 aromatic rings. The number of Topliss-reactive ketones (excluding diaryl/α,β-unsaturated/α-hetero) is 1. The van der Waals surface area contributed by atoms with Crippen molar-refractivity contribution in [2.45, 2.75) is 38.2 Å². The monoisotopic (exact) mass is 365 g/mol. The van der Waals surface area contributed by atoms with Crippen LogP contribution in [0.5, 0.6) is 5.75 Å². The second kappa shape index (κ2) is 7.04. The van der Waals surface area contributed by atoms with Gasteiger partial charge in [-0.25, -0.2) is 0 Å². The number of amides is 1. The lowest BCUT2D eigenvalue weighted by molar-refractivity contribution is -0.148. The predicted molar refractivity (Wildman–Crippen MR) is 90.8 cm³/mol. The summed E-state index contributed by atoms with van der Waals surface area (Å²) < 4.78 is 11.1. The molecule has 1 amide bonds. The molecular formula is C18H20ClNO5. The van der Waals surface area contributed by atoms with Gasteiger partial charge in [-0.2, -0.15) is 0 Å². The fraction of sp³-hybridized carbons (Fsp3) is 0.500. The van der Waals surface area contributed by atoms with Crippen molar-refractivity contribution in [2.75, 3.05) is 19.7 Å². The van der Waals surface area contributed by atoms with Crippen LogP contribution in [-0.4, -0.2) is 47.9 Å². The van der Waals surface area contributed by atoms with Crippen LogP contribution in [0.2, 0.25) is 5.02 Å². The van der Waals surface area contributed by atoms with Crippen molar-refractivity contribution in [3.05, 3.63) is 28.8 Å². The Hall–Kier alpha value is -2.08. The maximum absolute atomic E-state index is 12.5. The topological polar surface area (TPSA) is 72.9 Å². The molecule has 0 bridgehead atoms. The highest BCUT2D eigenvalue weighted by molar-refractivity contribution is 6.31. The molecule has 1 fully saturated rings. The molecule has 0 radical (unpaired) electrons. The summed E-state index contributed by atoms with van der Waals surface area (Å²) in [7, 11) is 0. The van der Waals surface area contributed by atoms with E-state index in [4.69, 9.17) is 21.1 Å². The number of rotatable bonds is 3. The molecule has 2 heterocycles. The average molecular weight is 366 g/mol. The van der Waals surface area contributed by atoms with Gasteiger partial charge in [0.25, 0.3) is 0 Å². The fourth-order valence-corrected chi connectivity index (χ4v) is 3.53. The Kier molecular flexibility index (Phi) is 4.99. The zero-order chi connectivity index (χ0) is 18.0. The Morgan fingerprint density at radius 1 is 1.36 bits per heavy atom. The van der Waals surface area contributed by atoms with E-state index >= 15 is 0 Å². The first-order chi connectivity index (χ1) is 11.9. The van der Waals surface area contributed by atoms with Crippen LogP contribution in [0.3, 0.4) is 0 Å². The number of carbonyl (C=O) groups excluding carboxylic acids is 3. The molecule has 2 aliphatic rings. The van der Waals surface area contributed by atoms with Gasteiger partial charge in [0.2, 0.25) is 5.91 Å². The second-order valence-electron chi connectivity index (χ2n) is 6.40. The minimum atomic E-state index is -0.711. The van der Waals surface area contributed by atoms with Gasteiger partial charge in [0.05, 0.1) is 18.6 Å². The highest BCUT2D eigenvalue weighted by Crippen LogP contribution is 2.40. The Labute approximate surface area is 151 Å². The van der Waals surface area contributed by atoms with E-state index in [9.17, 15) is 14.4 Å². The van der Waals surface area contributed by atoms with Crippen molar-refractivity contribution < 1.29 is 23.9 Å². The van der Waals surface area contributed by atoms with E-state index in [1.807, 2.05) is 0 Å². The first-order valence-electron chi connectivity index (χ1n) is 8.37. The van der Waals surface area contributed by atoms with E-state index in [-0.39, 0.29) is 37.7 Å². The highest BCUT2D eigenvalue weighted by Gasteiger charge is 2.43. The molecule has 3 rings (SSSR count). The molecule has 0 N–H and O–H groups in total. The average Bonchev–Trinajstić information content (AvgIpc) is 2.70. The van der Waals surface area contributed by atoms with Gasteiger partial charge in [0.15, 0.2) is 5.78 Å². The third-order valence-electron chi connectivity index (χ3n) is 4.66. The summed E-state index contributed by atoms with van der Waals surface area (Å²) in [6.07, 6.45) is 1.38. The van der Waals surface area contributed by atoms with Crippen molar-refractivity contribution in [1.29, 1.82) is 0 Å². The number of likely N-dealkylation sites (tertiary alicyclic amines) is 1. The van der Waals surface area contributed by atoms with E-state index < -0.39 is 11.6 Å². The van der Waals surface area contributed by atoms with E-state index in [0.717, 1.165) is 0 Å². The standard InChI is InChI=1S/C18H20ClNO5/c1-2-24-17(23)11-20-8-7-18(6-5-16(20)22)10-14(21)13-9-12(19)3-4-15(13)25-18/h3-4,9H,2,5-8,10-11H2,1H3/t18-/m0/s1. The molecule has 1 aromatic carbocycles. The Bertz CT molecular complexity index is 719. The number of carbonyl (C=O) groups is 3. The molecule has 1 saturated heterocycles. The number of fused-ring (bicyclic) bond motifs is 1. The Morgan fingerprint density at radius 3 is 2.92 bits per heavy atom. The molecule has 0 aromatic heterocycles. The molecule has 0 saturated carbocycles. The number of halogens is 1. The van der Waals surface area contributed by atoms with Crippen molar-refractivity contribution in [1.82, 2.24) is 4.90 Å². The summed E-state index contributed by atoms with van der Waals surface area (Å²) in [5.74, 6) is -0.0720. The van der Waals surface area contributed by atoms with Crippen LogP contribution in [-0.2, 0) is 14.3 Å². The van der Waals surface area contributed by atoms with Gasteiger partial charge >= 0.3 is 5.97 Å². The van der Waals surface area contributed by atoms with Gasteiger partial charge in [-0.05, 0) is 31.5 Å². The molecule has 25 heavy (non-hydrogen) atoms. The van der Waals surface area contributed by atoms with Crippen LogP contribution in [0.25, 0.3) is 0 Å².